The zero-order valence-corrected chi connectivity index (χ0v) is 14.1. The summed E-state index contributed by atoms with van der Waals surface area (Å²) in [6.07, 6.45) is 0. The molecule has 0 bridgehead atoms. The third-order valence-electron chi connectivity index (χ3n) is 3.15. The van der Waals surface area contributed by atoms with E-state index in [1.165, 1.54) is 11.1 Å². The largest absolute Gasteiger partial charge is 0.113 e. The zero-order valence-electron chi connectivity index (χ0n) is 10.2. The molecule has 1 atom stereocenters. The number of hydrogen-bond donors (Lipinski definition) is 0. The topological polar surface area (TPSA) is 0 Å². The third kappa shape index (κ3) is 2.81. The first-order chi connectivity index (χ1) is 8.50. The molecular formula is C15H13Br2Cl. The Morgan fingerprint density at radius 1 is 1.00 bits per heavy atom. The Labute approximate surface area is 130 Å². The van der Waals surface area contributed by atoms with Crippen molar-refractivity contribution in [2.75, 3.05) is 0 Å². The fourth-order valence-corrected chi connectivity index (χ4v) is 3.33. The lowest BCUT2D eigenvalue weighted by molar-refractivity contribution is 1.08. The van der Waals surface area contributed by atoms with Gasteiger partial charge < -0.3 is 0 Å². The van der Waals surface area contributed by atoms with Crippen LogP contribution in [0.25, 0.3) is 0 Å². The Balaban J connectivity index is 2.51. The zero-order chi connectivity index (χ0) is 13.3. The lowest BCUT2D eigenvalue weighted by Crippen LogP contribution is -1.99. The summed E-state index contributed by atoms with van der Waals surface area (Å²) in [7, 11) is 0. The molecule has 3 heteroatoms. The average Bonchev–Trinajstić information content (AvgIpc) is 2.35. The summed E-state index contributed by atoms with van der Waals surface area (Å²) >= 11 is 13.7. The van der Waals surface area contributed by atoms with Crippen LogP contribution in [0, 0.1) is 13.8 Å². The van der Waals surface area contributed by atoms with Crippen LogP contribution in [0.1, 0.15) is 27.6 Å². The molecule has 94 valence electrons. The van der Waals surface area contributed by atoms with Gasteiger partial charge in [0.15, 0.2) is 0 Å². The molecule has 18 heavy (non-hydrogen) atoms. The molecule has 0 N–H and O–H groups in total. The molecule has 0 nitrogen and oxygen atoms in total. The Bertz CT molecular complexity index is 577. The number of alkyl halides is 1. The van der Waals surface area contributed by atoms with Gasteiger partial charge in [0.25, 0.3) is 0 Å². The molecule has 0 fully saturated rings. The van der Waals surface area contributed by atoms with Gasteiger partial charge in [0.05, 0.1) is 5.38 Å². The van der Waals surface area contributed by atoms with E-state index >= 15 is 0 Å². The molecule has 0 saturated carbocycles. The van der Waals surface area contributed by atoms with Crippen molar-refractivity contribution in [1.82, 2.24) is 0 Å². The summed E-state index contributed by atoms with van der Waals surface area (Å²) in [5.41, 5.74) is 4.77. The van der Waals surface area contributed by atoms with Gasteiger partial charge in [0, 0.05) is 8.95 Å². The predicted octanol–water partition coefficient (Wildman–Crippen LogP) is 6.16. The molecule has 0 spiro atoms. The van der Waals surface area contributed by atoms with Gasteiger partial charge in [0.1, 0.15) is 0 Å². The summed E-state index contributed by atoms with van der Waals surface area (Å²) in [5.74, 6) is 0. The Morgan fingerprint density at radius 2 is 1.72 bits per heavy atom. The fraction of sp³-hybridized carbons (Fsp3) is 0.200. The number of halogens is 3. The molecule has 2 aromatic carbocycles. The van der Waals surface area contributed by atoms with Crippen LogP contribution >= 0.6 is 43.5 Å². The molecule has 0 aliphatic heterocycles. The van der Waals surface area contributed by atoms with Gasteiger partial charge in [-0.25, -0.2) is 0 Å². The molecule has 0 radical (unpaired) electrons. The third-order valence-corrected chi connectivity index (χ3v) is 4.84. The van der Waals surface area contributed by atoms with Gasteiger partial charge in [-0.3, -0.25) is 0 Å². The smallest absolute Gasteiger partial charge is 0.0849 e. The van der Waals surface area contributed by atoms with Crippen LogP contribution in [0.4, 0.5) is 0 Å². The van der Waals surface area contributed by atoms with E-state index in [0.717, 1.165) is 20.1 Å². The molecule has 1 unspecified atom stereocenters. The van der Waals surface area contributed by atoms with Crippen LogP contribution in [0.2, 0.25) is 0 Å². The minimum absolute atomic E-state index is 0.142. The van der Waals surface area contributed by atoms with Crippen LogP contribution < -0.4 is 0 Å². The van der Waals surface area contributed by atoms with E-state index in [1.54, 1.807) is 0 Å². The molecule has 0 heterocycles. The second-order valence-electron chi connectivity index (χ2n) is 4.32. The van der Waals surface area contributed by atoms with E-state index in [1.807, 2.05) is 12.1 Å². The Kier molecular flexibility index (Phi) is 4.52. The summed E-state index contributed by atoms with van der Waals surface area (Å²) in [6.45, 7) is 4.23. The highest BCUT2D eigenvalue weighted by atomic mass is 79.9. The van der Waals surface area contributed by atoms with Gasteiger partial charge in [-0.1, -0.05) is 50.1 Å². The maximum atomic E-state index is 6.64. The summed E-state index contributed by atoms with van der Waals surface area (Å²) < 4.78 is 2.07. The van der Waals surface area contributed by atoms with Crippen LogP contribution in [0.15, 0.2) is 45.3 Å². The second-order valence-corrected chi connectivity index (χ2v) is 6.52. The van der Waals surface area contributed by atoms with Crippen molar-refractivity contribution in [2.45, 2.75) is 19.2 Å². The number of aryl methyl sites for hydroxylation is 1. The number of rotatable bonds is 2. The van der Waals surface area contributed by atoms with Crippen molar-refractivity contribution in [2.24, 2.45) is 0 Å². The van der Waals surface area contributed by atoms with Gasteiger partial charge >= 0.3 is 0 Å². The van der Waals surface area contributed by atoms with Crippen molar-refractivity contribution in [3.63, 3.8) is 0 Å². The highest BCUT2D eigenvalue weighted by Crippen LogP contribution is 2.37. The molecule has 2 aromatic rings. The van der Waals surface area contributed by atoms with Gasteiger partial charge in [0.2, 0.25) is 0 Å². The summed E-state index contributed by atoms with van der Waals surface area (Å²) in [6, 6.07) is 12.3. The quantitative estimate of drug-likeness (QED) is 0.541. The minimum Gasteiger partial charge on any atom is -0.113 e. The summed E-state index contributed by atoms with van der Waals surface area (Å²) in [4.78, 5) is 0. The first kappa shape index (κ1) is 14.1. The van der Waals surface area contributed by atoms with E-state index in [9.17, 15) is 0 Å². The normalized spacial score (nSPS) is 12.5. The van der Waals surface area contributed by atoms with Gasteiger partial charge in [-0.15, -0.1) is 11.6 Å². The first-order valence-corrected chi connectivity index (χ1v) is 7.68. The second kappa shape index (κ2) is 5.77. The SMILES string of the molecule is Cc1cccc(C(Cl)c2cc(Br)ccc2Br)c1C. The lowest BCUT2D eigenvalue weighted by atomic mass is 9.97. The Morgan fingerprint density at radius 3 is 2.44 bits per heavy atom. The van der Waals surface area contributed by atoms with Gasteiger partial charge in [-0.2, -0.15) is 0 Å². The van der Waals surface area contributed by atoms with E-state index < -0.39 is 0 Å². The highest BCUT2D eigenvalue weighted by molar-refractivity contribution is 9.11. The summed E-state index contributed by atoms with van der Waals surface area (Å²) in [5, 5.41) is -0.142. The van der Waals surface area contributed by atoms with Crippen LogP contribution in [0.5, 0.6) is 0 Å². The molecule has 0 saturated heterocycles. The van der Waals surface area contributed by atoms with Gasteiger partial charge in [-0.05, 0) is 54.3 Å². The van der Waals surface area contributed by atoms with Crippen LogP contribution in [-0.4, -0.2) is 0 Å². The maximum absolute atomic E-state index is 6.64. The first-order valence-electron chi connectivity index (χ1n) is 5.66. The van der Waals surface area contributed by atoms with Crippen LogP contribution in [-0.2, 0) is 0 Å². The standard InChI is InChI=1S/C15H13Br2Cl/c1-9-4-3-5-12(10(9)2)15(18)13-8-11(16)6-7-14(13)17/h3-8,15H,1-2H3. The van der Waals surface area contributed by atoms with Crippen molar-refractivity contribution in [3.8, 4) is 0 Å². The number of hydrogen-bond acceptors (Lipinski definition) is 0. The minimum atomic E-state index is -0.142. The molecular weight excluding hydrogens is 375 g/mol. The van der Waals surface area contributed by atoms with E-state index in [0.29, 0.717) is 0 Å². The molecule has 0 aliphatic rings. The Hall–Kier alpha value is -0.310. The molecule has 2 rings (SSSR count). The predicted molar refractivity (Wildman–Crippen MR) is 85.5 cm³/mol. The van der Waals surface area contributed by atoms with Crippen molar-refractivity contribution in [3.05, 3.63) is 67.6 Å². The van der Waals surface area contributed by atoms with E-state index in [2.05, 4.69) is 70.0 Å². The molecule has 0 amide bonds. The van der Waals surface area contributed by atoms with E-state index in [-0.39, 0.29) is 5.38 Å². The number of benzene rings is 2. The molecule has 0 aliphatic carbocycles. The fourth-order valence-electron chi connectivity index (χ4n) is 1.92. The van der Waals surface area contributed by atoms with Crippen molar-refractivity contribution >= 4 is 43.5 Å². The van der Waals surface area contributed by atoms with E-state index in [4.69, 9.17) is 11.6 Å². The maximum Gasteiger partial charge on any atom is 0.0849 e. The monoisotopic (exact) mass is 386 g/mol. The highest BCUT2D eigenvalue weighted by Gasteiger charge is 2.16. The molecule has 0 aromatic heterocycles. The van der Waals surface area contributed by atoms with Crippen molar-refractivity contribution < 1.29 is 0 Å². The van der Waals surface area contributed by atoms with Crippen molar-refractivity contribution in [1.29, 1.82) is 0 Å². The lowest BCUT2D eigenvalue weighted by Gasteiger charge is -2.16. The van der Waals surface area contributed by atoms with Crippen LogP contribution in [0.3, 0.4) is 0 Å². The average molecular weight is 389 g/mol.